The number of hydrogen-bond donors (Lipinski definition) is 2. The number of amides is 2. The highest BCUT2D eigenvalue weighted by atomic mass is 16.5. The summed E-state index contributed by atoms with van der Waals surface area (Å²) in [5.41, 5.74) is 5.95. The molecule has 0 spiro atoms. The monoisotopic (exact) mass is 454 g/mol. The molecular weight excluding hydrogens is 428 g/mol. The van der Waals surface area contributed by atoms with E-state index < -0.39 is 0 Å². The smallest absolute Gasteiger partial charge is 0.259 e. The summed E-state index contributed by atoms with van der Waals surface area (Å²) in [6, 6.07) is 20.7. The number of aromatic nitrogens is 2. The highest BCUT2D eigenvalue weighted by Gasteiger charge is 2.20. The lowest BCUT2D eigenvalue weighted by molar-refractivity contribution is -0.114. The number of ether oxygens (including phenoxy) is 1. The normalized spacial score (nSPS) is 10.6. The fourth-order valence-corrected chi connectivity index (χ4v) is 3.63. The first-order chi connectivity index (χ1) is 16.4. The topological polar surface area (TPSA) is 85.3 Å². The second-order valence-electron chi connectivity index (χ2n) is 8.02. The van der Waals surface area contributed by atoms with Crippen molar-refractivity contribution in [3.63, 3.8) is 0 Å². The molecule has 34 heavy (non-hydrogen) atoms. The first-order valence-electron chi connectivity index (χ1n) is 10.9. The van der Waals surface area contributed by atoms with Gasteiger partial charge in [0.15, 0.2) is 0 Å². The number of rotatable bonds is 6. The van der Waals surface area contributed by atoms with E-state index in [1.165, 1.54) is 14.0 Å². The van der Waals surface area contributed by atoms with Crippen molar-refractivity contribution in [3.05, 3.63) is 89.6 Å². The number of nitrogens with zero attached hydrogens (tertiary/aromatic N) is 2. The zero-order chi connectivity index (χ0) is 24.2. The molecule has 0 saturated carbocycles. The summed E-state index contributed by atoms with van der Waals surface area (Å²) in [6.45, 7) is 5.51. The lowest BCUT2D eigenvalue weighted by Crippen LogP contribution is -2.14. The molecule has 0 aliphatic heterocycles. The van der Waals surface area contributed by atoms with Gasteiger partial charge in [-0.15, -0.1) is 0 Å². The molecule has 0 saturated heterocycles. The van der Waals surface area contributed by atoms with E-state index in [9.17, 15) is 9.59 Å². The molecule has 3 aromatic carbocycles. The number of carbonyl (C=O) groups is 2. The van der Waals surface area contributed by atoms with E-state index in [0.29, 0.717) is 28.4 Å². The predicted molar refractivity (Wildman–Crippen MR) is 134 cm³/mol. The Kier molecular flexibility index (Phi) is 6.45. The maximum Gasteiger partial charge on any atom is 0.259 e. The van der Waals surface area contributed by atoms with Crippen LogP contribution in [0.25, 0.3) is 16.9 Å². The van der Waals surface area contributed by atoms with Gasteiger partial charge in [0.1, 0.15) is 11.4 Å². The largest absolute Gasteiger partial charge is 0.495 e. The van der Waals surface area contributed by atoms with Crippen LogP contribution in [0.2, 0.25) is 0 Å². The second-order valence-corrected chi connectivity index (χ2v) is 8.02. The molecule has 0 aliphatic rings. The number of anilines is 2. The van der Waals surface area contributed by atoms with E-state index in [4.69, 9.17) is 9.84 Å². The molecule has 1 heterocycles. The van der Waals surface area contributed by atoms with Gasteiger partial charge in [0.25, 0.3) is 5.91 Å². The van der Waals surface area contributed by atoms with E-state index in [0.717, 1.165) is 22.4 Å². The molecule has 0 aliphatic carbocycles. The van der Waals surface area contributed by atoms with Crippen molar-refractivity contribution in [1.82, 2.24) is 9.78 Å². The number of methoxy groups -OCH3 is 1. The Balaban J connectivity index is 1.77. The number of benzene rings is 3. The third-order valence-corrected chi connectivity index (χ3v) is 5.53. The molecule has 0 bridgehead atoms. The van der Waals surface area contributed by atoms with Crippen molar-refractivity contribution in [2.45, 2.75) is 20.8 Å². The minimum atomic E-state index is -0.339. The van der Waals surface area contributed by atoms with Crippen molar-refractivity contribution >= 4 is 23.2 Å². The van der Waals surface area contributed by atoms with Gasteiger partial charge in [0.05, 0.1) is 24.0 Å². The molecule has 172 valence electrons. The lowest BCUT2D eigenvalue weighted by Gasteiger charge is -2.12. The van der Waals surface area contributed by atoms with Crippen LogP contribution >= 0.6 is 0 Å². The molecule has 2 amide bonds. The van der Waals surface area contributed by atoms with Crippen molar-refractivity contribution in [3.8, 4) is 22.7 Å². The summed E-state index contributed by atoms with van der Waals surface area (Å²) in [4.78, 5) is 25.0. The van der Waals surface area contributed by atoms with Crippen LogP contribution in [-0.2, 0) is 4.79 Å². The molecule has 1 aromatic heterocycles. The minimum Gasteiger partial charge on any atom is -0.495 e. The quantitative estimate of drug-likeness (QED) is 0.410. The van der Waals surface area contributed by atoms with Crippen LogP contribution in [0.4, 0.5) is 11.4 Å². The zero-order valence-corrected chi connectivity index (χ0v) is 19.5. The van der Waals surface area contributed by atoms with E-state index in [2.05, 4.69) is 10.6 Å². The van der Waals surface area contributed by atoms with Crippen LogP contribution in [0.5, 0.6) is 5.75 Å². The third kappa shape index (κ3) is 4.83. The molecule has 4 rings (SSSR count). The molecule has 0 atom stereocenters. The van der Waals surface area contributed by atoms with Gasteiger partial charge >= 0.3 is 0 Å². The molecule has 0 radical (unpaired) electrons. The average molecular weight is 455 g/mol. The Morgan fingerprint density at radius 2 is 1.68 bits per heavy atom. The SMILES string of the molecule is COc1ccc(NC(C)=O)cc1NC(=O)c1cn(-c2ccccc2)nc1-c1ccc(C)c(C)c1. The first kappa shape index (κ1) is 22.8. The molecule has 0 unspecified atom stereocenters. The van der Waals surface area contributed by atoms with Crippen LogP contribution in [0.15, 0.2) is 72.9 Å². The summed E-state index contributed by atoms with van der Waals surface area (Å²) < 4.78 is 7.11. The van der Waals surface area contributed by atoms with Crippen LogP contribution in [-0.4, -0.2) is 28.7 Å². The van der Waals surface area contributed by atoms with Gasteiger partial charge in [-0.05, 0) is 61.4 Å². The Labute approximate surface area is 198 Å². The van der Waals surface area contributed by atoms with Crippen molar-refractivity contribution < 1.29 is 14.3 Å². The van der Waals surface area contributed by atoms with Gasteiger partial charge in [-0.1, -0.05) is 30.3 Å². The minimum absolute atomic E-state index is 0.205. The third-order valence-electron chi connectivity index (χ3n) is 5.53. The van der Waals surface area contributed by atoms with E-state index >= 15 is 0 Å². The number of carbonyl (C=O) groups excluding carboxylic acids is 2. The summed E-state index contributed by atoms with van der Waals surface area (Å²) in [7, 11) is 1.52. The Morgan fingerprint density at radius 3 is 2.35 bits per heavy atom. The van der Waals surface area contributed by atoms with Gasteiger partial charge < -0.3 is 15.4 Å². The highest BCUT2D eigenvalue weighted by Crippen LogP contribution is 2.31. The van der Waals surface area contributed by atoms with E-state index in [1.807, 2.05) is 62.4 Å². The molecule has 7 nitrogen and oxygen atoms in total. The van der Waals surface area contributed by atoms with Crippen molar-refractivity contribution in [1.29, 1.82) is 0 Å². The number of aryl methyl sites for hydroxylation is 2. The van der Waals surface area contributed by atoms with Crippen molar-refractivity contribution in [2.24, 2.45) is 0 Å². The highest BCUT2D eigenvalue weighted by molar-refractivity contribution is 6.09. The molecule has 4 aromatic rings. The standard InChI is InChI=1S/C27H26N4O3/c1-17-10-11-20(14-18(17)2)26-23(16-31(30-26)22-8-6-5-7-9-22)27(33)29-24-15-21(28-19(3)32)12-13-25(24)34-4/h5-16H,1-4H3,(H,28,32)(H,29,33). The fourth-order valence-electron chi connectivity index (χ4n) is 3.63. The summed E-state index contributed by atoms with van der Waals surface area (Å²) in [6.07, 6.45) is 1.72. The van der Waals surface area contributed by atoms with Crippen molar-refractivity contribution in [2.75, 3.05) is 17.7 Å². The lowest BCUT2D eigenvalue weighted by atomic mass is 10.0. The van der Waals surface area contributed by atoms with Gasteiger partial charge in [0.2, 0.25) is 5.91 Å². The Bertz CT molecular complexity index is 1360. The second kappa shape index (κ2) is 9.62. The van der Waals surface area contributed by atoms with Gasteiger partial charge in [0, 0.05) is 24.4 Å². The summed E-state index contributed by atoms with van der Waals surface area (Å²) in [5, 5.41) is 10.4. The summed E-state index contributed by atoms with van der Waals surface area (Å²) >= 11 is 0. The van der Waals surface area contributed by atoms with Crippen LogP contribution in [0, 0.1) is 13.8 Å². The van der Waals surface area contributed by atoms with Crippen LogP contribution in [0.3, 0.4) is 0 Å². The van der Waals surface area contributed by atoms with Gasteiger partial charge in [-0.25, -0.2) is 4.68 Å². The molecule has 0 fully saturated rings. The molecule has 7 heteroatoms. The van der Waals surface area contributed by atoms with Crippen LogP contribution < -0.4 is 15.4 Å². The molecular formula is C27H26N4O3. The number of para-hydroxylation sites is 1. The zero-order valence-electron chi connectivity index (χ0n) is 19.5. The number of hydrogen-bond acceptors (Lipinski definition) is 4. The maximum atomic E-state index is 13.5. The first-order valence-corrected chi connectivity index (χ1v) is 10.9. The average Bonchev–Trinajstić information content (AvgIpc) is 3.27. The Hall–Kier alpha value is -4.39. The van der Waals surface area contributed by atoms with E-state index in [1.54, 1.807) is 29.1 Å². The number of nitrogens with one attached hydrogen (secondary N) is 2. The van der Waals surface area contributed by atoms with Gasteiger partial charge in [-0.2, -0.15) is 5.10 Å². The van der Waals surface area contributed by atoms with E-state index in [-0.39, 0.29) is 11.8 Å². The maximum absolute atomic E-state index is 13.5. The summed E-state index contributed by atoms with van der Waals surface area (Å²) in [5.74, 6) is -0.0667. The fraction of sp³-hybridized carbons (Fsp3) is 0.148. The van der Waals surface area contributed by atoms with Crippen LogP contribution in [0.1, 0.15) is 28.4 Å². The van der Waals surface area contributed by atoms with Gasteiger partial charge in [-0.3, -0.25) is 9.59 Å². The predicted octanol–water partition coefficient (Wildman–Crippen LogP) is 5.38. The Morgan fingerprint density at radius 1 is 0.912 bits per heavy atom. The molecule has 2 N–H and O–H groups in total.